The molecule has 0 unspecified atom stereocenters. The molecular formula is C31H45N5O3S. The fourth-order valence-corrected chi connectivity index (χ4v) is 8.41. The van der Waals surface area contributed by atoms with Gasteiger partial charge in [0.1, 0.15) is 11.3 Å². The van der Waals surface area contributed by atoms with Crippen molar-refractivity contribution in [3.8, 4) is 0 Å². The summed E-state index contributed by atoms with van der Waals surface area (Å²) in [5, 5.41) is 9.44. The van der Waals surface area contributed by atoms with E-state index in [4.69, 9.17) is 20.4 Å². The van der Waals surface area contributed by atoms with Crippen molar-refractivity contribution < 1.29 is 14.6 Å². The summed E-state index contributed by atoms with van der Waals surface area (Å²) in [6.45, 7) is 6.78. The number of aromatic nitrogens is 3. The van der Waals surface area contributed by atoms with E-state index in [1.807, 2.05) is 11.3 Å². The van der Waals surface area contributed by atoms with Gasteiger partial charge in [0.2, 0.25) is 5.91 Å². The Balaban J connectivity index is 1.23. The van der Waals surface area contributed by atoms with Crippen LogP contribution in [-0.4, -0.2) is 63.4 Å². The number of amides is 1. The van der Waals surface area contributed by atoms with Gasteiger partial charge in [0, 0.05) is 56.7 Å². The molecule has 3 N–H and O–H groups in total. The number of aliphatic hydroxyl groups is 1. The number of anilines is 1. The number of hydrogen-bond donors (Lipinski definition) is 2. The largest absolute Gasteiger partial charge is 0.396 e. The van der Waals surface area contributed by atoms with Gasteiger partial charge in [-0.3, -0.25) is 4.79 Å². The minimum Gasteiger partial charge on any atom is -0.396 e. The molecule has 218 valence electrons. The molecule has 0 spiro atoms. The average Bonchev–Trinajstić information content (AvgIpc) is 3.58. The molecule has 3 aromatic rings. The third-order valence-electron chi connectivity index (χ3n) is 9.68. The van der Waals surface area contributed by atoms with Crippen LogP contribution in [0.5, 0.6) is 0 Å². The maximum absolute atomic E-state index is 13.2. The topological polar surface area (TPSA) is 107 Å². The van der Waals surface area contributed by atoms with Crippen molar-refractivity contribution in [2.24, 2.45) is 17.8 Å². The second-order valence-electron chi connectivity index (χ2n) is 12.4. The maximum atomic E-state index is 13.2. The number of aliphatic hydroxyl groups excluding tert-OH is 1. The van der Waals surface area contributed by atoms with Crippen molar-refractivity contribution in [1.82, 2.24) is 19.4 Å². The highest BCUT2D eigenvalue weighted by Gasteiger charge is 2.32. The normalized spacial score (nSPS) is 23.4. The fourth-order valence-electron chi connectivity index (χ4n) is 7.09. The minimum atomic E-state index is 0.141. The number of ether oxygens (including phenoxy) is 1. The van der Waals surface area contributed by atoms with E-state index < -0.39 is 0 Å². The van der Waals surface area contributed by atoms with Crippen LogP contribution in [-0.2, 0) is 22.5 Å². The standard InChI is InChI=1S/C31H45N5O3S/c1-2-3-4-26-34-27-28(36(26)18-20-11-15-39-16-12-20)29-24(33-30(27)32)17-25(40-29)22-9-13-35(14-10-22)31(38)23-7-5-21(19-37)6-8-23/h17,20-23,37H,2-16,18-19H2,1H3,(H2,32,33). The zero-order valence-corrected chi connectivity index (χ0v) is 24.8. The van der Waals surface area contributed by atoms with Crippen molar-refractivity contribution >= 4 is 44.3 Å². The molecular weight excluding hydrogens is 522 g/mol. The molecule has 0 aromatic carbocycles. The first-order chi connectivity index (χ1) is 19.6. The van der Waals surface area contributed by atoms with Gasteiger partial charge in [0.05, 0.1) is 15.7 Å². The number of thiophene rings is 1. The van der Waals surface area contributed by atoms with E-state index in [2.05, 4.69) is 22.5 Å². The lowest BCUT2D eigenvalue weighted by Gasteiger charge is -2.36. The zero-order valence-electron chi connectivity index (χ0n) is 23.9. The first-order valence-corrected chi connectivity index (χ1v) is 16.4. The van der Waals surface area contributed by atoms with E-state index >= 15 is 0 Å². The van der Waals surface area contributed by atoms with E-state index in [-0.39, 0.29) is 12.5 Å². The highest BCUT2D eigenvalue weighted by Crippen LogP contribution is 2.41. The first kappa shape index (κ1) is 27.9. The Morgan fingerprint density at radius 3 is 2.52 bits per heavy atom. The number of fused-ring (bicyclic) bond motifs is 3. The summed E-state index contributed by atoms with van der Waals surface area (Å²) < 4.78 is 9.32. The van der Waals surface area contributed by atoms with Crippen LogP contribution in [0, 0.1) is 17.8 Å². The van der Waals surface area contributed by atoms with Crippen molar-refractivity contribution in [2.45, 2.75) is 90.0 Å². The number of nitrogens with zero attached hydrogens (tertiary/aromatic N) is 4. The fraction of sp³-hybridized carbons (Fsp3) is 0.710. The quantitative estimate of drug-likeness (QED) is 0.372. The molecule has 3 aliphatic rings. The molecule has 5 heterocycles. The van der Waals surface area contributed by atoms with Gasteiger partial charge in [-0.15, -0.1) is 11.3 Å². The molecule has 40 heavy (non-hydrogen) atoms. The number of nitrogens with two attached hydrogens (primary N) is 1. The lowest BCUT2D eigenvalue weighted by Crippen LogP contribution is -2.42. The molecule has 3 aromatic heterocycles. The summed E-state index contributed by atoms with van der Waals surface area (Å²) in [5.74, 6) is 3.56. The molecule has 1 saturated carbocycles. The molecule has 0 bridgehead atoms. The Kier molecular flexibility index (Phi) is 8.61. The molecule has 3 fully saturated rings. The number of piperidine rings is 1. The smallest absolute Gasteiger partial charge is 0.225 e. The van der Waals surface area contributed by atoms with Crippen LogP contribution in [0.2, 0.25) is 0 Å². The van der Waals surface area contributed by atoms with Crippen LogP contribution in [0.1, 0.15) is 87.8 Å². The molecule has 0 radical (unpaired) electrons. The monoisotopic (exact) mass is 567 g/mol. The van der Waals surface area contributed by atoms with Crippen LogP contribution in [0.15, 0.2) is 6.07 Å². The number of carbonyl (C=O) groups is 1. The number of rotatable bonds is 8. The number of pyridine rings is 1. The Bertz CT molecular complexity index is 1310. The van der Waals surface area contributed by atoms with Crippen molar-refractivity contribution in [3.63, 3.8) is 0 Å². The third-order valence-corrected chi connectivity index (χ3v) is 11.0. The number of imidazole rings is 1. The van der Waals surface area contributed by atoms with Gasteiger partial charge in [-0.2, -0.15) is 0 Å². The van der Waals surface area contributed by atoms with Crippen molar-refractivity contribution in [2.75, 3.05) is 38.6 Å². The summed E-state index contributed by atoms with van der Waals surface area (Å²) >= 11 is 1.87. The van der Waals surface area contributed by atoms with E-state index in [1.54, 1.807) is 0 Å². The molecule has 9 heteroatoms. The second kappa shape index (κ2) is 12.3. The van der Waals surface area contributed by atoms with Gasteiger partial charge in [0.25, 0.3) is 0 Å². The van der Waals surface area contributed by atoms with Gasteiger partial charge in [-0.05, 0) is 81.6 Å². The van der Waals surface area contributed by atoms with Gasteiger partial charge in [0.15, 0.2) is 5.82 Å². The van der Waals surface area contributed by atoms with Crippen LogP contribution in [0.25, 0.3) is 21.3 Å². The summed E-state index contributed by atoms with van der Waals surface area (Å²) in [5.41, 5.74) is 9.54. The Morgan fingerprint density at radius 2 is 1.82 bits per heavy atom. The van der Waals surface area contributed by atoms with Gasteiger partial charge in [-0.1, -0.05) is 13.3 Å². The highest BCUT2D eigenvalue weighted by molar-refractivity contribution is 7.20. The lowest BCUT2D eigenvalue weighted by atomic mass is 9.81. The number of aryl methyl sites for hydroxylation is 1. The molecule has 6 rings (SSSR count). The van der Waals surface area contributed by atoms with Crippen molar-refractivity contribution in [1.29, 1.82) is 0 Å². The molecule has 0 atom stereocenters. The first-order valence-electron chi connectivity index (χ1n) is 15.6. The Labute approximate surface area is 241 Å². The van der Waals surface area contributed by atoms with E-state index in [0.717, 1.165) is 120 Å². The number of likely N-dealkylation sites (tertiary alicyclic amines) is 1. The van der Waals surface area contributed by atoms with Gasteiger partial charge >= 0.3 is 0 Å². The summed E-state index contributed by atoms with van der Waals surface area (Å²) in [6.07, 6.45) is 11.2. The molecule has 1 amide bonds. The van der Waals surface area contributed by atoms with Crippen LogP contribution in [0.4, 0.5) is 5.82 Å². The number of nitrogen functional groups attached to an aromatic ring is 1. The van der Waals surface area contributed by atoms with Gasteiger partial charge in [-0.25, -0.2) is 9.97 Å². The van der Waals surface area contributed by atoms with Crippen LogP contribution in [0.3, 0.4) is 0 Å². The zero-order chi connectivity index (χ0) is 27.6. The molecule has 1 aliphatic carbocycles. The maximum Gasteiger partial charge on any atom is 0.225 e. The third kappa shape index (κ3) is 5.61. The molecule has 2 aliphatic heterocycles. The highest BCUT2D eigenvalue weighted by atomic mass is 32.1. The number of hydrogen-bond acceptors (Lipinski definition) is 7. The summed E-state index contributed by atoms with van der Waals surface area (Å²) in [7, 11) is 0. The van der Waals surface area contributed by atoms with Crippen LogP contribution >= 0.6 is 11.3 Å². The average molecular weight is 568 g/mol. The molecule has 2 saturated heterocycles. The number of unbranched alkanes of at least 4 members (excludes halogenated alkanes) is 1. The lowest BCUT2D eigenvalue weighted by molar-refractivity contribution is -0.138. The Morgan fingerprint density at radius 1 is 1.07 bits per heavy atom. The predicted octanol–water partition coefficient (Wildman–Crippen LogP) is 5.50. The van der Waals surface area contributed by atoms with E-state index in [1.165, 1.54) is 15.1 Å². The summed E-state index contributed by atoms with van der Waals surface area (Å²) in [6, 6.07) is 2.26. The van der Waals surface area contributed by atoms with E-state index in [0.29, 0.717) is 29.5 Å². The number of carbonyl (C=O) groups excluding carboxylic acids is 1. The van der Waals surface area contributed by atoms with E-state index in [9.17, 15) is 9.90 Å². The predicted molar refractivity (Wildman–Crippen MR) is 161 cm³/mol. The minimum absolute atomic E-state index is 0.141. The Hall–Kier alpha value is -2.23. The van der Waals surface area contributed by atoms with Crippen molar-refractivity contribution in [3.05, 3.63) is 16.8 Å². The second-order valence-corrected chi connectivity index (χ2v) is 13.4. The molecule has 8 nitrogen and oxygen atoms in total. The summed E-state index contributed by atoms with van der Waals surface area (Å²) in [4.78, 5) is 26.6. The van der Waals surface area contributed by atoms with Gasteiger partial charge < -0.3 is 25.0 Å². The van der Waals surface area contributed by atoms with Crippen LogP contribution < -0.4 is 5.73 Å². The SMILES string of the molecule is CCCCc1nc2c(N)nc3cc(C4CCN(C(=O)C5CCC(CO)CC5)CC4)sc3c2n1CC1CCOCC1.